The van der Waals surface area contributed by atoms with Crippen LogP contribution in [0.1, 0.15) is 12.8 Å². The minimum absolute atomic E-state index is 0.0442. The summed E-state index contributed by atoms with van der Waals surface area (Å²) in [5.41, 5.74) is 4.04. The number of nitrogens with zero attached hydrogens (tertiary/aromatic N) is 2. The van der Waals surface area contributed by atoms with Crippen LogP contribution in [0.25, 0.3) is 10.2 Å². The normalized spacial score (nSPS) is 15.9. The Labute approximate surface area is 158 Å². The van der Waals surface area contributed by atoms with Crippen molar-refractivity contribution >= 4 is 27.2 Å². The van der Waals surface area contributed by atoms with E-state index in [1.54, 1.807) is 11.3 Å². The number of aromatic nitrogens is 1. The van der Waals surface area contributed by atoms with Gasteiger partial charge in [-0.25, -0.2) is 4.98 Å². The highest BCUT2D eigenvalue weighted by Gasteiger charge is 2.31. The number of hydrogen-bond acceptors (Lipinski definition) is 5. The Morgan fingerprint density at radius 2 is 1.70 bits per heavy atom. The fraction of sp³-hybridized carbons (Fsp3) is 0.316. The summed E-state index contributed by atoms with van der Waals surface area (Å²) in [5.74, 6) is 0.303. The van der Waals surface area contributed by atoms with Crippen LogP contribution < -0.4 is 14.4 Å². The molecule has 1 aliphatic heterocycles. The minimum Gasteiger partial charge on any atom is -0.490 e. The average molecular weight is 394 g/mol. The smallest absolute Gasteiger partial charge is 0.490 e. The van der Waals surface area contributed by atoms with E-state index >= 15 is 0 Å². The highest BCUT2D eigenvalue weighted by molar-refractivity contribution is 7.16. The molecule has 2 aromatic carbocycles. The predicted octanol–water partition coefficient (Wildman–Crippen LogP) is 5.24. The third-order valence-corrected chi connectivity index (χ3v) is 5.27. The molecule has 0 bridgehead atoms. The second-order valence-corrected chi connectivity index (χ2v) is 7.21. The molecule has 4 rings (SSSR count). The molecular formula is C19H17F3N2O2S. The highest BCUT2D eigenvalue weighted by Crippen LogP contribution is 2.29. The maximum absolute atomic E-state index is 12.2. The number of anilines is 1. The van der Waals surface area contributed by atoms with Crippen molar-refractivity contribution in [1.29, 1.82) is 0 Å². The summed E-state index contributed by atoms with van der Waals surface area (Å²) in [6.07, 6.45) is -2.94. The Morgan fingerprint density at radius 1 is 1.00 bits per heavy atom. The highest BCUT2D eigenvalue weighted by atomic mass is 32.1. The molecule has 0 saturated carbocycles. The first kappa shape index (κ1) is 17.9. The number of rotatable bonds is 4. The number of alkyl halides is 3. The Bertz CT molecular complexity index is 903. The van der Waals surface area contributed by atoms with Gasteiger partial charge in [0, 0.05) is 31.6 Å². The van der Waals surface area contributed by atoms with Gasteiger partial charge >= 0.3 is 6.36 Å². The largest absolute Gasteiger partial charge is 0.573 e. The lowest BCUT2D eigenvalue weighted by molar-refractivity contribution is -0.274. The van der Waals surface area contributed by atoms with Gasteiger partial charge in [-0.1, -0.05) is 0 Å². The maximum atomic E-state index is 12.2. The molecule has 0 unspecified atom stereocenters. The van der Waals surface area contributed by atoms with E-state index in [9.17, 15) is 13.2 Å². The number of thiazole rings is 1. The van der Waals surface area contributed by atoms with Gasteiger partial charge in [0.2, 0.25) is 0 Å². The predicted molar refractivity (Wildman–Crippen MR) is 98.6 cm³/mol. The lowest BCUT2D eigenvalue weighted by Gasteiger charge is -2.33. The topological polar surface area (TPSA) is 34.6 Å². The second-order valence-electron chi connectivity index (χ2n) is 6.33. The molecule has 4 nitrogen and oxygen atoms in total. The number of benzene rings is 2. The molecule has 8 heteroatoms. The van der Waals surface area contributed by atoms with Gasteiger partial charge in [-0.2, -0.15) is 0 Å². The number of piperidine rings is 1. The standard InChI is InChI=1S/C19H17F3N2O2S/c20-19(21,22)26-16-4-2-14(3-5-16)25-15-7-9-24(10-8-15)13-1-6-17-18(11-13)27-12-23-17/h1-6,11-12,15H,7-10H2. The van der Waals surface area contributed by atoms with E-state index in [0.29, 0.717) is 5.75 Å². The summed E-state index contributed by atoms with van der Waals surface area (Å²) < 4.78 is 47.5. The van der Waals surface area contributed by atoms with Crippen molar-refractivity contribution < 1.29 is 22.6 Å². The lowest BCUT2D eigenvalue weighted by atomic mass is 10.1. The zero-order valence-corrected chi connectivity index (χ0v) is 15.1. The van der Waals surface area contributed by atoms with Gasteiger partial charge in [-0.3, -0.25) is 0 Å². The summed E-state index contributed by atoms with van der Waals surface area (Å²) in [7, 11) is 0. The molecular weight excluding hydrogens is 377 g/mol. The van der Waals surface area contributed by atoms with Gasteiger partial charge in [-0.15, -0.1) is 24.5 Å². The zero-order chi connectivity index (χ0) is 18.9. The van der Waals surface area contributed by atoms with Gasteiger partial charge in [0.05, 0.1) is 15.7 Å². The molecule has 142 valence electrons. The molecule has 1 fully saturated rings. The molecule has 1 aliphatic rings. The van der Waals surface area contributed by atoms with E-state index in [1.807, 2.05) is 11.6 Å². The fourth-order valence-electron chi connectivity index (χ4n) is 3.18. The van der Waals surface area contributed by atoms with E-state index < -0.39 is 6.36 Å². The Kier molecular flexibility index (Phi) is 4.82. The van der Waals surface area contributed by atoms with Crippen molar-refractivity contribution in [3.63, 3.8) is 0 Å². The van der Waals surface area contributed by atoms with Crippen LogP contribution in [0.4, 0.5) is 18.9 Å². The van der Waals surface area contributed by atoms with Crippen LogP contribution in [-0.4, -0.2) is 30.5 Å². The number of hydrogen-bond donors (Lipinski definition) is 0. The summed E-state index contributed by atoms with van der Waals surface area (Å²) in [5, 5.41) is 0. The van der Waals surface area contributed by atoms with E-state index in [4.69, 9.17) is 4.74 Å². The van der Waals surface area contributed by atoms with Gasteiger partial charge in [-0.05, 0) is 42.5 Å². The molecule has 0 atom stereocenters. The van der Waals surface area contributed by atoms with Gasteiger partial charge < -0.3 is 14.4 Å². The van der Waals surface area contributed by atoms with Crippen molar-refractivity contribution in [2.75, 3.05) is 18.0 Å². The van der Waals surface area contributed by atoms with Crippen molar-refractivity contribution in [2.24, 2.45) is 0 Å². The van der Waals surface area contributed by atoms with Crippen molar-refractivity contribution in [3.05, 3.63) is 48.0 Å². The third-order valence-electron chi connectivity index (χ3n) is 4.48. The Hall–Kier alpha value is -2.48. The molecule has 0 aliphatic carbocycles. The van der Waals surface area contributed by atoms with Crippen LogP contribution in [0, 0.1) is 0 Å². The Morgan fingerprint density at radius 3 is 2.41 bits per heavy atom. The molecule has 27 heavy (non-hydrogen) atoms. The molecule has 0 N–H and O–H groups in total. The fourth-order valence-corrected chi connectivity index (χ4v) is 3.89. The molecule has 1 saturated heterocycles. The molecule has 1 aromatic heterocycles. The molecule has 0 radical (unpaired) electrons. The number of ether oxygens (including phenoxy) is 2. The van der Waals surface area contributed by atoms with Crippen LogP contribution in [0.15, 0.2) is 48.0 Å². The number of halogens is 3. The summed E-state index contributed by atoms with van der Waals surface area (Å²) in [6, 6.07) is 11.8. The van der Waals surface area contributed by atoms with E-state index in [0.717, 1.165) is 31.4 Å². The van der Waals surface area contributed by atoms with Crippen LogP contribution in [0.2, 0.25) is 0 Å². The molecule has 0 spiro atoms. The van der Waals surface area contributed by atoms with E-state index in [1.165, 1.54) is 34.7 Å². The molecule has 3 aromatic rings. The molecule has 0 amide bonds. The Balaban J connectivity index is 1.32. The third kappa shape index (κ3) is 4.44. The number of fused-ring (bicyclic) bond motifs is 1. The van der Waals surface area contributed by atoms with Crippen LogP contribution in [0.3, 0.4) is 0 Å². The first-order valence-corrected chi connectivity index (χ1v) is 9.45. The van der Waals surface area contributed by atoms with Gasteiger partial charge in [0.25, 0.3) is 0 Å². The van der Waals surface area contributed by atoms with Crippen LogP contribution in [-0.2, 0) is 0 Å². The SMILES string of the molecule is FC(F)(F)Oc1ccc(OC2CCN(c3ccc4ncsc4c3)CC2)cc1. The zero-order valence-electron chi connectivity index (χ0n) is 14.3. The van der Waals surface area contributed by atoms with Crippen molar-refractivity contribution in [1.82, 2.24) is 4.98 Å². The van der Waals surface area contributed by atoms with Gasteiger partial charge in [0.15, 0.2) is 0 Å². The van der Waals surface area contributed by atoms with Crippen LogP contribution >= 0.6 is 11.3 Å². The first-order chi connectivity index (χ1) is 13.0. The minimum atomic E-state index is -4.68. The summed E-state index contributed by atoms with van der Waals surface area (Å²) >= 11 is 1.63. The van der Waals surface area contributed by atoms with Gasteiger partial charge in [0.1, 0.15) is 17.6 Å². The first-order valence-electron chi connectivity index (χ1n) is 8.57. The lowest BCUT2D eigenvalue weighted by Crippen LogP contribution is -2.38. The van der Waals surface area contributed by atoms with Crippen LogP contribution in [0.5, 0.6) is 11.5 Å². The second kappa shape index (κ2) is 7.26. The van der Waals surface area contributed by atoms with Crippen molar-refractivity contribution in [3.8, 4) is 11.5 Å². The molecule has 2 heterocycles. The average Bonchev–Trinajstić information content (AvgIpc) is 3.10. The maximum Gasteiger partial charge on any atom is 0.573 e. The van der Waals surface area contributed by atoms with E-state index in [2.05, 4.69) is 26.8 Å². The monoisotopic (exact) mass is 394 g/mol. The quantitative estimate of drug-likeness (QED) is 0.606. The van der Waals surface area contributed by atoms with Crippen molar-refractivity contribution in [2.45, 2.75) is 25.3 Å². The van der Waals surface area contributed by atoms with E-state index in [-0.39, 0.29) is 11.9 Å². The summed E-state index contributed by atoms with van der Waals surface area (Å²) in [6.45, 7) is 1.73. The summed E-state index contributed by atoms with van der Waals surface area (Å²) in [4.78, 5) is 6.62.